The van der Waals surface area contributed by atoms with Crippen LogP contribution in [0.4, 0.5) is 0 Å². The summed E-state index contributed by atoms with van der Waals surface area (Å²) in [7, 11) is 1.16. The summed E-state index contributed by atoms with van der Waals surface area (Å²) < 4.78 is 21.4. The molecule has 28 heavy (non-hydrogen) atoms. The molecule has 0 spiro atoms. The number of methoxy groups -OCH3 is 1. The fourth-order valence-corrected chi connectivity index (χ4v) is 4.12. The molecule has 3 fully saturated rings. The zero-order chi connectivity index (χ0) is 21.0. The van der Waals surface area contributed by atoms with E-state index in [1.807, 2.05) is 0 Å². The predicted octanol–water partition coefficient (Wildman–Crippen LogP) is -3.38. The summed E-state index contributed by atoms with van der Waals surface area (Å²) in [6, 6.07) is -0.751. The van der Waals surface area contributed by atoms with Crippen molar-refractivity contribution in [3.8, 4) is 0 Å². The molecule has 0 bridgehead atoms. The Morgan fingerprint density at radius 1 is 1.14 bits per heavy atom. The molecule has 5 N–H and O–H groups in total. The summed E-state index contributed by atoms with van der Waals surface area (Å²) in [5.41, 5.74) is -1.14. The number of rotatable bonds is 5. The molecule has 12 heteroatoms. The molecule has 3 rings (SSSR count). The zero-order valence-electron chi connectivity index (χ0n) is 15.5. The van der Waals surface area contributed by atoms with Crippen LogP contribution in [-0.2, 0) is 28.5 Å². The lowest BCUT2D eigenvalue weighted by Gasteiger charge is -2.43. The quantitative estimate of drug-likeness (QED) is 0.287. The highest BCUT2D eigenvalue weighted by Gasteiger charge is 2.72. The van der Waals surface area contributed by atoms with Crippen LogP contribution in [0, 0.1) is 0 Å². The first-order valence-corrected chi connectivity index (χ1v) is 8.77. The van der Waals surface area contributed by atoms with Gasteiger partial charge in [0.15, 0.2) is 18.1 Å². The van der Waals surface area contributed by atoms with E-state index in [-0.39, 0.29) is 5.91 Å². The average molecular weight is 407 g/mol. The van der Waals surface area contributed by atoms with Crippen molar-refractivity contribution in [3.63, 3.8) is 0 Å². The largest absolute Gasteiger partial charge is 0.479 e. The van der Waals surface area contributed by atoms with E-state index in [1.54, 1.807) is 6.92 Å². The van der Waals surface area contributed by atoms with Crippen LogP contribution in [0.15, 0.2) is 0 Å². The van der Waals surface area contributed by atoms with Crippen molar-refractivity contribution in [1.82, 2.24) is 4.90 Å². The van der Waals surface area contributed by atoms with Crippen LogP contribution in [0.1, 0.15) is 13.8 Å². The monoisotopic (exact) mass is 407 g/mol. The Bertz CT molecular complexity index is 632. The predicted molar refractivity (Wildman–Crippen MR) is 86.7 cm³/mol. The number of aliphatic hydroxyl groups excluding tert-OH is 4. The van der Waals surface area contributed by atoms with Gasteiger partial charge >= 0.3 is 5.97 Å². The van der Waals surface area contributed by atoms with Gasteiger partial charge in [0.05, 0.1) is 6.61 Å². The van der Waals surface area contributed by atoms with Gasteiger partial charge in [-0.3, -0.25) is 4.79 Å². The third-order valence-corrected chi connectivity index (χ3v) is 5.53. The molecule has 12 nitrogen and oxygen atoms in total. The molecule has 1 amide bonds. The molecule has 10 atom stereocenters. The van der Waals surface area contributed by atoms with Gasteiger partial charge in [-0.2, -0.15) is 0 Å². The lowest BCUT2D eigenvalue weighted by Crippen LogP contribution is -2.63. The Hall–Kier alpha value is -1.38. The highest BCUT2D eigenvalue weighted by molar-refractivity contribution is 5.78. The molecule has 3 heterocycles. The Morgan fingerprint density at radius 2 is 1.79 bits per heavy atom. The zero-order valence-corrected chi connectivity index (χ0v) is 15.5. The van der Waals surface area contributed by atoms with Crippen LogP contribution in [0.2, 0.25) is 0 Å². The maximum atomic E-state index is 11.9. The van der Waals surface area contributed by atoms with E-state index in [0.29, 0.717) is 0 Å². The van der Waals surface area contributed by atoms with Crippen molar-refractivity contribution in [2.24, 2.45) is 0 Å². The summed E-state index contributed by atoms with van der Waals surface area (Å²) in [5.74, 6) is -1.80. The second kappa shape index (κ2) is 7.46. The Morgan fingerprint density at radius 3 is 2.29 bits per heavy atom. The molecule has 0 aromatic heterocycles. The number of aliphatic hydroxyl groups is 4. The number of amides is 1. The van der Waals surface area contributed by atoms with Crippen molar-refractivity contribution in [1.29, 1.82) is 0 Å². The van der Waals surface area contributed by atoms with Gasteiger partial charge < -0.3 is 49.4 Å². The van der Waals surface area contributed by atoms with E-state index >= 15 is 0 Å². The van der Waals surface area contributed by atoms with Crippen LogP contribution in [0.5, 0.6) is 0 Å². The highest BCUT2D eigenvalue weighted by Crippen LogP contribution is 2.51. The number of aliphatic carboxylic acids is 1. The second-order valence-electron chi connectivity index (χ2n) is 7.26. The van der Waals surface area contributed by atoms with Crippen molar-refractivity contribution >= 4 is 11.9 Å². The lowest BCUT2D eigenvalue weighted by molar-refractivity contribution is -0.321. The standard InChI is InChI=1S/C16H25NO11/c1-5(19)17-13-11(7(20)6(4-18)28-16(13,17)2)26-15-9(22)8(21)10(25-3)12(27-15)14(23)24/h6-13,15,18,20-22H,4H2,1-3H3,(H,23,24). The smallest absolute Gasteiger partial charge is 0.335 e. The van der Waals surface area contributed by atoms with Crippen LogP contribution >= 0.6 is 0 Å². The van der Waals surface area contributed by atoms with E-state index in [1.165, 1.54) is 11.8 Å². The fourth-order valence-electron chi connectivity index (χ4n) is 4.12. The summed E-state index contributed by atoms with van der Waals surface area (Å²) in [6.45, 7) is 2.32. The second-order valence-corrected chi connectivity index (χ2v) is 7.26. The minimum atomic E-state index is -1.68. The van der Waals surface area contributed by atoms with E-state index < -0.39 is 73.4 Å². The molecule has 3 aliphatic rings. The molecule has 0 aromatic carbocycles. The molecule has 0 aliphatic carbocycles. The first kappa shape index (κ1) is 21.3. The molecule has 0 aromatic rings. The number of nitrogens with zero attached hydrogens (tertiary/aromatic N) is 1. The van der Waals surface area contributed by atoms with Crippen LogP contribution in [0.3, 0.4) is 0 Å². The molecule has 0 saturated carbocycles. The molecular formula is C16H25NO11. The summed E-state index contributed by atoms with van der Waals surface area (Å²) in [6.07, 6.45) is -11.6. The van der Waals surface area contributed by atoms with E-state index in [0.717, 1.165) is 7.11 Å². The number of carbonyl (C=O) groups is 2. The maximum absolute atomic E-state index is 11.9. The Kier molecular flexibility index (Phi) is 5.68. The third-order valence-electron chi connectivity index (χ3n) is 5.53. The molecule has 3 aliphatic heterocycles. The first-order valence-electron chi connectivity index (χ1n) is 8.77. The lowest BCUT2D eigenvalue weighted by atomic mass is 9.96. The van der Waals surface area contributed by atoms with Crippen molar-refractivity contribution in [2.45, 2.75) is 74.6 Å². The van der Waals surface area contributed by atoms with E-state index in [2.05, 4.69) is 0 Å². The van der Waals surface area contributed by atoms with Crippen LogP contribution in [-0.4, -0.2) is 117 Å². The summed E-state index contributed by atoms with van der Waals surface area (Å²) >= 11 is 0. The van der Waals surface area contributed by atoms with Gasteiger partial charge in [-0.1, -0.05) is 0 Å². The molecule has 0 radical (unpaired) electrons. The summed E-state index contributed by atoms with van der Waals surface area (Å²) in [5, 5.41) is 49.8. The molecule has 10 unspecified atom stereocenters. The van der Waals surface area contributed by atoms with Crippen LogP contribution < -0.4 is 0 Å². The van der Waals surface area contributed by atoms with Crippen molar-refractivity contribution in [3.05, 3.63) is 0 Å². The first-order chi connectivity index (χ1) is 13.1. The third kappa shape index (κ3) is 3.19. The summed E-state index contributed by atoms with van der Waals surface area (Å²) in [4.78, 5) is 24.6. The molecule has 160 valence electrons. The molecular weight excluding hydrogens is 382 g/mol. The highest BCUT2D eigenvalue weighted by atomic mass is 16.7. The van der Waals surface area contributed by atoms with E-state index in [4.69, 9.17) is 18.9 Å². The number of ether oxygens (including phenoxy) is 4. The van der Waals surface area contributed by atoms with Crippen molar-refractivity contribution < 1.29 is 54.1 Å². The van der Waals surface area contributed by atoms with Gasteiger partial charge in [-0.25, -0.2) is 4.79 Å². The van der Waals surface area contributed by atoms with E-state index in [9.17, 15) is 35.1 Å². The SMILES string of the molecule is COC1C(C(=O)O)OC(OC2C(O)C(CO)OC3(C)C2N3C(C)=O)C(O)C1O. The number of hydrogen-bond donors (Lipinski definition) is 5. The fraction of sp³-hybridized carbons (Fsp3) is 0.875. The van der Waals surface area contributed by atoms with Gasteiger partial charge in [0, 0.05) is 14.0 Å². The Balaban J connectivity index is 1.84. The van der Waals surface area contributed by atoms with Gasteiger partial charge in [0.25, 0.3) is 0 Å². The normalized spacial score (nSPS) is 48.1. The minimum absolute atomic E-state index is 0.361. The Labute approximate surface area is 160 Å². The minimum Gasteiger partial charge on any atom is -0.479 e. The van der Waals surface area contributed by atoms with Gasteiger partial charge in [0.2, 0.25) is 5.91 Å². The average Bonchev–Trinajstić information content (AvgIpc) is 3.26. The van der Waals surface area contributed by atoms with Crippen molar-refractivity contribution in [2.75, 3.05) is 13.7 Å². The number of carboxylic acid groups (broad SMARTS) is 1. The number of carboxylic acids is 1. The number of fused-ring (bicyclic) bond motifs is 1. The number of hydrogen-bond acceptors (Lipinski definition) is 10. The maximum Gasteiger partial charge on any atom is 0.335 e. The van der Waals surface area contributed by atoms with Gasteiger partial charge in [0.1, 0.15) is 42.7 Å². The van der Waals surface area contributed by atoms with Crippen LogP contribution in [0.25, 0.3) is 0 Å². The molecule has 3 saturated heterocycles. The topological polar surface area (TPSA) is 175 Å². The van der Waals surface area contributed by atoms with Gasteiger partial charge in [-0.05, 0) is 6.92 Å². The van der Waals surface area contributed by atoms with Gasteiger partial charge in [-0.15, -0.1) is 0 Å². The number of carbonyl (C=O) groups excluding carboxylic acids is 1.